The molecule has 0 radical (unpaired) electrons. The van der Waals surface area contributed by atoms with Gasteiger partial charge < -0.3 is 14.5 Å². The summed E-state index contributed by atoms with van der Waals surface area (Å²) in [6.07, 6.45) is 2.15. The van der Waals surface area contributed by atoms with Crippen molar-refractivity contribution in [2.24, 2.45) is 11.3 Å². The first-order valence-corrected chi connectivity index (χ1v) is 9.29. The Balaban J connectivity index is 2.38. The molecule has 1 unspecified atom stereocenters. The van der Waals surface area contributed by atoms with Crippen molar-refractivity contribution in [1.29, 1.82) is 0 Å². The van der Waals surface area contributed by atoms with Crippen LogP contribution in [-0.2, 0) is 9.30 Å². The minimum absolute atomic E-state index is 0.0514. The molecule has 0 aliphatic carbocycles. The summed E-state index contributed by atoms with van der Waals surface area (Å²) in [6, 6.07) is 0. The number of nitrogens with zero attached hydrogens (tertiary/aromatic N) is 1. The number of ether oxygens (including phenoxy) is 1. The second kappa shape index (κ2) is 6.44. The first kappa shape index (κ1) is 18.9. The van der Waals surface area contributed by atoms with Gasteiger partial charge in [-0.15, -0.1) is 0 Å². The molecule has 0 bridgehead atoms. The fourth-order valence-electron chi connectivity index (χ4n) is 2.89. The quantitative estimate of drug-likeness (QED) is 0.704. The minimum Gasteiger partial charge on any atom is -0.350 e. The topological polar surface area (TPSA) is 122 Å². The van der Waals surface area contributed by atoms with E-state index in [-0.39, 0.29) is 11.3 Å². The van der Waals surface area contributed by atoms with Crippen LogP contribution >= 0.6 is 7.60 Å². The average Bonchev–Trinajstić information content (AvgIpc) is 2.84. The number of rotatable bonds is 3. The van der Waals surface area contributed by atoms with E-state index in [2.05, 4.69) is 4.98 Å². The molecular weight excluding hydrogens is 335 g/mol. The lowest BCUT2D eigenvalue weighted by Gasteiger charge is -2.29. The van der Waals surface area contributed by atoms with Gasteiger partial charge in [0.1, 0.15) is 6.23 Å². The van der Waals surface area contributed by atoms with Crippen LogP contribution in [0.25, 0.3) is 0 Å². The van der Waals surface area contributed by atoms with Crippen LogP contribution in [0, 0.1) is 18.3 Å². The highest BCUT2D eigenvalue weighted by Gasteiger charge is 2.41. The van der Waals surface area contributed by atoms with Crippen LogP contribution in [0.3, 0.4) is 0 Å². The number of aromatic amines is 1. The van der Waals surface area contributed by atoms with Crippen molar-refractivity contribution in [2.45, 2.75) is 46.4 Å². The van der Waals surface area contributed by atoms with E-state index in [4.69, 9.17) is 14.5 Å². The van der Waals surface area contributed by atoms with E-state index in [1.54, 1.807) is 6.92 Å². The van der Waals surface area contributed by atoms with Crippen molar-refractivity contribution in [3.63, 3.8) is 0 Å². The van der Waals surface area contributed by atoms with E-state index in [0.29, 0.717) is 12.0 Å². The second-order valence-corrected chi connectivity index (χ2v) is 8.65. The highest BCUT2D eigenvalue weighted by molar-refractivity contribution is 7.55. The predicted molar refractivity (Wildman–Crippen MR) is 88.7 cm³/mol. The summed E-state index contributed by atoms with van der Waals surface area (Å²) in [4.78, 5) is 43.9. The predicted octanol–water partition coefficient (Wildman–Crippen LogP) is 1.49. The molecule has 1 aromatic heterocycles. The van der Waals surface area contributed by atoms with E-state index in [0.717, 1.165) is 5.82 Å². The Morgan fingerprint density at radius 1 is 1.38 bits per heavy atom. The molecule has 1 aromatic rings. The summed E-state index contributed by atoms with van der Waals surface area (Å²) in [5, 5.41) is 0. The normalized spacial score (nSPS) is 25.5. The molecule has 1 saturated heterocycles. The number of nitrogens with one attached hydrogen (secondary N) is 1. The van der Waals surface area contributed by atoms with Crippen molar-refractivity contribution in [3.05, 3.63) is 44.5 Å². The van der Waals surface area contributed by atoms with Crippen LogP contribution in [0.4, 0.5) is 0 Å². The Morgan fingerprint density at radius 2 is 2.00 bits per heavy atom. The highest BCUT2D eigenvalue weighted by atomic mass is 31.2. The fourth-order valence-corrected chi connectivity index (χ4v) is 3.28. The van der Waals surface area contributed by atoms with Crippen LogP contribution in [0.2, 0.25) is 0 Å². The maximum atomic E-state index is 12.0. The molecule has 24 heavy (non-hydrogen) atoms. The van der Waals surface area contributed by atoms with Crippen molar-refractivity contribution >= 4 is 7.60 Å². The van der Waals surface area contributed by atoms with Gasteiger partial charge in [0, 0.05) is 17.6 Å². The molecule has 9 heteroatoms. The molecule has 1 fully saturated rings. The van der Waals surface area contributed by atoms with Gasteiger partial charge in [0.25, 0.3) is 5.56 Å². The van der Waals surface area contributed by atoms with E-state index in [1.165, 1.54) is 16.8 Å². The first-order chi connectivity index (χ1) is 10.9. The Morgan fingerprint density at radius 3 is 2.54 bits per heavy atom. The Hall–Kier alpha value is -1.47. The zero-order valence-corrected chi connectivity index (χ0v) is 15.0. The van der Waals surface area contributed by atoms with E-state index < -0.39 is 31.2 Å². The monoisotopic (exact) mass is 358 g/mol. The molecule has 2 heterocycles. The number of aromatic nitrogens is 2. The zero-order valence-electron chi connectivity index (χ0n) is 14.1. The zero-order chi connectivity index (χ0) is 18.3. The van der Waals surface area contributed by atoms with Crippen LogP contribution in [-0.4, -0.2) is 25.4 Å². The molecule has 3 atom stereocenters. The first-order valence-electron chi connectivity index (χ1n) is 7.60. The van der Waals surface area contributed by atoms with Gasteiger partial charge >= 0.3 is 13.3 Å². The number of aryl methyl sites for hydroxylation is 1. The van der Waals surface area contributed by atoms with E-state index >= 15 is 0 Å². The molecule has 3 N–H and O–H groups in total. The summed E-state index contributed by atoms with van der Waals surface area (Å²) >= 11 is 0. The highest BCUT2D eigenvalue weighted by Crippen LogP contribution is 2.45. The standard InChI is InChI=1S/C15H23N2O6P/c1-9-8-17(14(19)16-13(9)18)12-7-10(15(2,3)4)11(23-12)5-6-24(20,21)22/h5-6,8,10-12H,7H2,1-4H3,(H,16,18,19)(H2,20,21,22)/b6-5+/t10?,11-,12-/m1/s1. The molecule has 1 aliphatic rings. The average molecular weight is 358 g/mol. The summed E-state index contributed by atoms with van der Waals surface area (Å²) < 4.78 is 18.3. The van der Waals surface area contributed by atoms with Gasteiger partial charge in [0.2, 0.25) is 0 Å². The molecule has 0 spiro atoms. The molecule has 0 saturated carbocycles. The Kier molecular flexibility index (Phi) is 5.06. The number of H-pyrrole nitrogens is 1. The van der Waals surface area contributed by atoms with Crippen LogP contribution in [0.15, 0.2) is 27.7 Å². The summed E-state index contributed by atoms with van der Waals surface area (Å²) in [5.74, 6) is 0.782. The van der Waals surface area contributed by atoms with Crippen LogP contribution in [0.1, 0.15) is 39.0 Å². The van der Waals surface area contributed by atoms with Gasteiger partial charge in [-0.1, -0.05) is 20.8 Å². The molecule has 1 aliphatic heterocycles. The third-order valence-electron chi connectivity index (χ3n) is 4.20. The van der Waals surface area contributed by atoms with Crippen molar-refractivity contribution in [3.8, 4) is 0 Å². The maximum absolute atomic E-state index is 12.0. The summed E-state index contributed by atoms with van der Waals surface area (Å²) in [7, 11) is -4.29. The van der Waals surface area contributed by atoms with Crippen molar-refractivity contribution in [2.75, 3.05) is 0 Å². The SMILES string of the molecule is Cc1cn([C@H]2CC(C(C)(C)C)[C@@H](/C=C/P(=O)(O)O)O2)c(=O)[nH]c1=O. The smallest absolute Gasteiger partial charge is 0.348 e. The number of hydrogen-bond donors (Lipinski definition) is 3. The Labute approximate surface area is 139 Å². The van der Waals surface area contributed by atoms with Gasteiger partial charge in [0.05, 0.1) is 6.10 Å². The van der Waals surface area contributed by atoms with Gasteiger partial charge in [-0.2, -0.15) is 0 Å². The Bertz CT molecular complexity index is 797. The van der Waals surface area contributed by atoms with Crippen LogP contribution < -0.4 is 11.2 Å². The fraction of sp³-hybridized carbons (Fsp3) is 0.600. The van der Waals surface area contributed by atoms with E-state index in [1.807, 2.05) is 20.8 Å². The molecule has 8 nitrogen and oxygen atoms in total. The van der Waals surface area contributed by atoms with Gasteiger partial charge in [-0.25, -0.2) is 4.79 Å². The van der Waals surface area contributed by atoms with Gasteiger partial charge in [0.15, 0.2) is 0 Å². The summed E-state index contributed by atoms with van der Waals surface area (Å²) in [6.45, 7) is 7.60. The third-order valence-corrected chi connectivity index (χ3v) is 4.77. The number of hydrogen-bond acceptors (Lipinski definition) is 4. The minimum atomic E-state index is -4.29. The van der Waals surface area contributed by atoms with Crippen LogP contribution in [0.5, 0.6) is 0 Å². The van der Waals surface area contributed by atoms with Gasteiger partial charge in [-0.3, -0.25) is 18.9 Å². The second-order valence-electron chi connectivity index (χ2n) is 7.17. The molecule has 0 aromatic carbocycles. The lowest BCUT2D eigenvalue weighted by Crippen LogP contribution is -2.33. The molecule has 2 rings (SSSR count). The van der Waals surface area contributed by atoms with Gasteiger partial charge in [-0.05, 0) is 30.8 Å². The van der Waals surface area contributed by atoms with Crippen molar-refractivity contribution < 1.29 is 19.1 Å². The van der Waals surface area contributed by atoms with Crippen molar-refractivity contribution in [1.82, 2.24) is 9.55 Å². The lowest BCUT2D eigenvalue weighted by atomic mass is 9.76. The molecular formula is C15H23N2O6P. The molecule has 134 valence electrons. The lowest BCUT2D eigenvalue weighted by molar-refractivity contribution is 0.00858. The van der Waals surface area contributed by atoms with E-state index in [9.17, 15) is 14.2 Å². The largest absolute Gasteiger partial charge is 0.350 e. The maximum Gasteiger partial charge on any atom is 0.348 e. The summed E-state index contributed by atoms with van der Waals surface area (Å²) in [5.41, 5.74) is -0.818. The molecule has 0 amide bonds. The third kappa shape index (κ3) is 4.33.